The molecule has 0 rings (SSSR count). The van der Waals surface area contributed by atoms with Crippen molar-refractivity contribution in [1.82, 2.24) is 0 Å². The zero-order chi connectivity index (χ0) is 8.58. The van der Waals surface area contributed by atoms with Crippen LogP contribution in [-0.2, 0) is 0 Å². The van der Waals surface area contributed by atoms with Gasteiger partial charge >= 0.3 is 18.5 Å². The first-order valence-electron chi connectivity index (χ1n) is 1.95. The third kappa shape index (κ3) is 2.60. The number of alkyl halides is 6. The summed E-state index contributed by atoms with van der Waals surface area (Å²) in [5.41, 5.74) is 0. The largest absolute Gasteiger partial charge is 0.454 e. The summed E-state index contributed by atoms with van der Waals surface area (Å²) in [5.74, 6) is -5.40. The molecule has 0 fully saturated rings. The molecule has 1 nitrogen and oxygen atoms in total. The topological polar surface area (TPSA) is 20.2 Å². The molecule has 0 heterocycles. The van der Waals surface area contributed by atoms with Gasteiger partial charge in [0.1, 0.15) is 0 Å². The minimum atomic E-state index is -5.94. The fraction of sp³-hybridized carbons (Fsp3) is 1.00. The lowest BCUT2D eigenvalue weighted by Gasteiger charge is -2.20. The first-order chi connectivity index (χ1) is 4.19. The molecule has 0 bridgehead atoms. The van der Waals surface area contributed by atoms with Gasteiger partial charge in [-0.2, -0.15) is 17.6 Å². The third-order valence-electron chi connectivity index (χ3n) is 0.687. The second-order valence-electron chi connectivity index (χ2n) is 1.47. The quantitative estimate of drug-likeness (QED) is 0.456. The van der Waals surface area contributed by atoms with Gasteiger partial charge in [0.05, 0.1) is 8.41 Å². The Kier molecular flexibility index (Phi) is 4.00. The molecule has 0 aliphatic heterocycles. The first kappa shape index (κ1) is 13.2. The van der Waals surface area contributed by atoms with Crippen LogP contribution in [0.4, 0.5) is 26.3 Å². The molecule has 1 atom stereocenters. The molecule has 0 aliphatic rings. The summed E-state index contributed by atoms with van der Waals surface area (Å²) < 4.78 is 66.3. The maximum atomic E-state index is 11.4. The van der Waals surface area contributed by atoms with E-state index in [1.54, 1.807) is 0 Å². The van der Waals surface area contributed by atoms with Gasteiger partial charge < -0.3 is 5.11 Å². The summed E-state index contributed by atoms with van der Waals surface area (Å²) in [6.07, 6.45) is -10.4. The Bertz CT molecular complexity index is 119. The van der Waals surface area contributed by atoms with Gasteiger partial charge in [-0.3, -0.25) is 0 Å². The lowest BCUT2D eigenvalue weighted by atomic mass is 10.3. The van der Waals surface area contributed by atoms with E-state index in [4.69, 9.17) is 5.11 Å². The summed E-state index contributed by atoms with van der Waals surface area (Å²) >= 11 is 0. The summed E-state index contributed by atoms with van der Waals surface area (Å²) in [6.45, 7) is 0. The average molecular weight is 182 g/mol. The van der Waals surface area contributed by atoms with Gasteiger partial charge in [-0.25, -0.2) is 8.78 Å². The molecule has 8 heteroatoms. The molecule has 0 aromatic heterocycles. The van der Waals surface area contributed by atoms with Gasteiger partial charge in [-0.05, 0) is 0 Å². The average Bonchev–Trinajstić information content (AvgIpc) is 1.62. The van der Waals surface area contributed by atoms with Gasteiger partial charge in [0, 0.05) is 0 Å². The number of halogens is 6. The van der Waals surface area contributed by atoms with E-state index in [9.17, 15) is 26.3 Å². The van der Waals surface area contributed by atoms with E-state index >= 15 is 0 Å². The molecule has 11 heavy (non-hydrogen) atoms. The van der Waals surface area contributed by atoms with Crippen molar-refractivity contribution in [2.75, 3.05) is 0 Å². The third-order valence-corrected chi connectivity index (χ3v) is 0.687. The minimum Gasteiger partial charge on any atom is -0.350 e. The van der Waals surface area contributed by atoms with Crippen molar-refractivity contribution in [2.45, 2.75) is 18.5 Å². The highest BCUT2D eigenvalue weighted by Gasteiger charge is 2.62. The smallest absolute Gasteiger partial charge is 0.350 e. The highest BCUT2D eigenvalue weighted by atomic mass is 19.4. The Morgan fingerprint density at radius 3 is 1.27 bits per heavy atom. The SMILES string of the molecule is B.OC(F)(C(F)F)C(F)(F)F. The lowest BCUT2D eigenvalue weighted by molar-refractivity contribution is -0.352. The number of hydrogen-bond donors (Lipinski definition) is 1. The molecule has 0 aliphatic carbocycles. The van der Waals surface area contributed by atoms with Crippen LogP contribution in [0.1, 0.15) is 0 Å². The monoisotopic (exact) mass is 182 g/mol. The summed E-state index contributed by atoms with van der Waals surface area (Å²) in [4.78, 5) is 0. The van der Waals surface area contributed by atoms with Crippen molar-refractivity contribution in [1.29, 1.82) is 0 Å². The van der Waals surface area contributed by atoms with Crippen LogP contribution in [0, 0.1) is 0 Å². The maximum Gasteiger partial charge on any atom is 0.454 e. The lowest BCUT2D eigenvalue weighted by Crippen LogP contribution is -2.47. The molecule has 0 amide bonds. The predicted octanol–water partition coefficient (Wildman–Crippen LogP) is 0.288. The summed E-state index contributed by atoms with van der Waals surface area (Å²) in [6, 6.07) is 0. The van der Waals surface area contributed by atoms with E-state index < -0.39 is 18.5 Å². The van der Waals surface area contributed by atoms with Gasteiger partial charge in [-0.15, -0.1) is 0 Å². The molecule has 1 N–H and O–H groups in total. The molecule has 0 spiro atoms. The normalized spacial score (nSPS) is 17.5. The van der Waals surface area contributed by atoms with Crippen LogP contribution in [0.25, 0.3) is 0 Å². The van der Waals surface area contributed by atoms with Crippen LogP contribution in [0.15, 0.2) is 0 Å². The van der Waals surface area contributed by atoms with Crippen LogP contribution < -0.4 is 0 Å². The molecule has 68 valence electrons. The first-order valence-corrected chi connectivity index (χ1v) is 1.95. The van der Waals surface area contributed by atoms with Gasteiger partial charge in [0.25, 0.3) is 0 Å². The highest BCUT2D eigenvalue weighted by Crippen LogP contribution is 2.36. The van der Waals surface area contributed by atoms with E-state index in [0.717, 1.165) is 0 Å². The molecular formula is C3H5BF6O. The molecule has 0 aromatic carbocycles. The van der Waals surface area contributed by atoms with Crippen LogP contribution in [0.5, 0.6) is 0 Å². The Morgan fingerprint density at radius 2 is 1.27 bits per heavy atom. The second kappa shape index (κ2) is 3.33. The Labute approximate surface area is 59.6 Å². The zero-order valence-corrected chi connectivity index (χ0v) is 4.29. The van der Waals surface area contributed by atoms with Crippen molar-refractivity contribution < 1.29 is 31.4 Å². The zero-order valence-electron chi connectivity index (χ0n) is 4.29. The van der Waals surface area contributed by atoms with E-state index in [1.165, 1.54) is 0 Å². The van der Waals surface area contributed by atoms with Crippen LogP contribution in [0.3, 0.4) is 0 Å². The number of hydrogen-bond acceptors (Lipinski definition) is 1. The molecule has 1 unspecified atom stereocenters. The number of aliphatic hydroxyl groups is 1. The molecule has 0 saturated heterocycles. The molecule has 0 saturated carbocycles. The van der Waals surface area contributed by atoms with Crippen LogP contribution in [-0.4, -0.2) is 32.0 Å². The van der Waals surface area contributed by atoms with E-state index in [-0.39, 0.29) is 8.41 Å². The van der Waals surface area contributed by atoms with Crippen LogP contribution >= 0.6 is 0 Å². The maximum absolute atomic E-state index is 11.4. The van der Waals surface area contributed by atoms with Gasteiger partial charge in [-0.1, -0.05) is 0 Å². The van der Waals surface area contributed by atoms with E-state index in [2.05, 4.69) is 0 Å². The van der Waals surface area contributed by atoms with Crippen molar-refractivity contribution >= 4 is 8.41 Å². The molecular weight excluding hydrogens is 177 g/mol. The van der Waals surface area contributed by atoms with Gasteiger partial charge in [0.2, 0.25) is 0 Å². The molecule has 0 aromatic rings. The Morgan fingerprint density at radius 1 is 1.00 bits per heavy atom. The van der Waals surface area contributed by atoms with Crippen LogP contribution in [0.2, 0.25) is 0 Å². The van der Waals surface area contributed by atoms with Crippen molar-refractivity contribution in [2.24, 2.45) is 0 Å². The summed E-state index contributed by atoms with van der Waals surface area (Å²) in [7, 11) is 0. The fourth-order valence-electron chi connectivity index (χ4n) is 0.124. The minimum absolute atomic E-state index is 0. The standard InChI is InChI=1S/C3H2F6O.BH3/c4-1(5)2(6,10)3(7,8)9;/h1,10H;1H3. The van der Waals surface area contributed by atoms with E-state index in [0.29, 0.717) is 0 Å². The summed E-state index contributed by atoms with van der Waals surface area (Å²) in [5, 5.41) is 7.39. The Balaban J connectivity index is 0. The predicted molar refractivity (Wildman–Crippen MR) is 28.1 cm³/mol. The van der Waals surface area contributed by atoms with Crippen molar-refractivity contribution in [3.05, 3.63) is 0 Å². The van der Waals surface area contributed by atoms with Crippen molar-refractivity contribution in [3.63, 3.8) is 0 Å². The Hall–Kier alpha value is -0.395. The van der Waals surface area contributed by atoms with E-state index in [1.807, 2.05) is 0 Å². The molecule has 0 radical (unpaired) electrons. The highest BCUT2D eigenvalue weighted by molar-refractivity contribution is 5.75. The van der Waals surface area contributed by atoms with Crippen molar-refractivity contribution in [3.8, 4) is 0 Å². The fourth-order valence-corrected chi connectivity index (χ4v) is 0.124. The van der Waals surface area contributed by atoms with Gasteiger partial charge in [0.15, 0.2) is 0 Å². The number of rotatable bonds is 1. The second-order valence-corrected chi connectivity index (χ2v) is 1.47.